The molecule has 29 heavy (non-hydrogen) atoms. The topological polar surface area (TPSA) is 70.6 Å². The molecule has 1 aliphatic carbocycles. The number of nitrogens with one attached hydrogen (secondary N) is 2. The van der Waals surface area contributed by atoms with Crippen LogP contribution < -0.4 is 10.6 Å². The number of sulfone groups is 1. The zero-order valence-corrected chi connectivity index (χ0v) is 18.1. The minimum absolute atomic E-state index is 0.181. The Kier molecular flexibility index (Phi) is 6.96. The van der Waals surface area contributed by atoms with Crippen molar-refractivity contribution in [3.05, 3.63) is 65.7 Å². The molecule has 1 saturated carbocycles. The normalized spacial score (nSPS) is 16.6. The lowest BCUT2D eigenvalue weighted by Gasteiger charge is -2.30. The van der Waals surface area contributed by atoms with Crippen molar-refractivity contribution in [1.29, 1.82) is 0 Å². The van der Waals surface area contributed by atoms with Gasteiger partial charge in [0.05, 0.1) is 4.90 Å². The van der Waals surface area contributed by atoms with Crippen molar-refractivity contribution >= 4 is 15.8 Å². The first-order valence-electron chi connectivity index (χ1n) is 10.2. The fraction of sp³-hybridized carbons (Fsp3) is 0.435. The number of guanidine groups is 1. The Bertz CT molecular complexity index is 916. The standard InChI is InChI=1S/C23H31N3O2S/c1-24-22(25-17-14-19-10-12-21(13-11-19)29(2,27)28)26-18-23(15-6-7-16-23)20-8-4-3-5-9-20/h3-5,8-13H,6-7,14-18H2,1-2H3,(H2,24,25,26). The molecule has 0 spiro atoms. The minimum atomic E-state index is -3.15. The van der Waals surface area contributed by atoms with E-state index < -0.39 is 9.84 Å². The Morgan fingerprint density at radius 2 is 1.66 bits per heavy atom. The predicted octanol–water partition coefficient (Wildman–Crippen LogP) is 3.31. The summed E-state index contributed by atoms with van der Waals surface area (Å²) in [5.74, 6) is 0.806. The van der Waals surface area contributed by atoms with Crippen LogP contribution in [0.25, 0.3) is 0 Å². The summed E-state index contributed by atoms with van der Waals surface area (Å²) in [6, 6.07) is 17.9. The third kappa shape index (κ3) is 5.60. The average molecular weight is 414 g/mol. The molecule has 1 aliphatic rings. The molecule has 2 N–H and O–H groups in total. The summed E-state index contributed by atoms with van der Waals surface area (Å²) in [6.45, 7) is 1.61. The van der Waals surface area contributed by atoms with Crippen LogP contribution in [0.2, 0.25) is 0 Å². The van der Waals surface area contributed by atoms with E-state index in [1.807, 2.05) is 12.1 Å². The molecule has 0 bridgehead atoms. The summed E-state index contributed by atoms with van der Waals surface area (Å²) in [7, 11) is -1.35. The van der Waals surface area contributed by atoms with Gasteiger partial charge in [-0.05, 0) is 42.5 Å². The highest BCUT2D eigenvalue weighted by Crippen LogP contribution is 2.40. The molecular weight excluding hydrogens is 382 g/mol. The van der Waals surface area contributed by atoms with Crippen LogP contribution in [0, 0.1) is 0 Å². The summed E-state index contributed by atoms with van der Waals surface area (Å²) < 4.78 is 23.1. The lowest BCUT2D eigenvalue weighted by molar-refractivity contribution is 0.432. The minimum Gasteiger partial charge on any atom is -0.356 e. The second kappa shape index (κ2) is 9.44. The molecule has 0 aliphatic heterocycles. The molecule has 156 valence electrons. The zero-order valence-electron chi connectivity index (χ0n) is 17.3. The van der Waals surface area contributed by atoms with Crippen LogP contribution in [-0.2, 0) is 21.7 Å². The van der Waals surface area contributed by atoms with Gasteiger partial charge in [0.1, 0.15) is 0 Å². The summed E-state index contributed by atoms with van der Waals surface area (Å²) in [6.07, 6.45) is 6.97. The molecule has 0 atom stereocenters. The predicted molar refractivity (Wildman–Crippen MR) is 119 cm³/mol. The van der Waals surface area contributed by atoms with Gasteiger partial charge < -0.3 is 10.6 Å². The van der Waals surface area contributed by atoms with Gasteiger partial charge in [0.15, 0.2) is 15.8 Å². The number of hydrogen-bond donors (Lipinski definition) is 2. The van der Waals surface area contributed by atoms with Crippen LogP contribution in [0.5, 0.6) is 0 Å². The third-order valence-electron chi connectivity index (χ3n) is 5.82. The van der Waals surface area contributed by atoms with E-state index in [1.165, 1.54) is 37.5 Å². The molecule has 2 aromatic rings. The molecule has 2 aromatic carbocycles. The number of rotatable bonds is 7. The quantitative estimate of drug-likeness (QED) is 0.540. The van der Waals surface area contributed by atoms with E-state index in [9.17, 15) is 8.42 Å². The summed E-state index contributed by atoms with van der Waals surface area (Å²) in [4.78, 5) is 4.72. The molecule has 5 nitrogen and oxygen atoms in total. The van der Waals surface area contributed by atoms with Gasteiger partial charge in [0.2, 0.25) is 0 Å². The van der Waals surface area contributed by atoms with Crippen molar-refractivity contribution in [2.45, 2.75) is 42.4 Å². The Labute approximate surface area is 174 Å². The molecule has 0 aromatic heterocycles. The van der Waals surface area contributed by atoms with Gasteiger partial charge in [-0.2, -0.15) is 0 Å². The van der Waals surface area contributed by atoms with Crippen LogP contribution in [-0.4, -0.2) is 40.8 Å². The summed E-state index contributed by atoms with van der Waals surface area (Å²) >= 11 is 0. The van der Waals surface area contributed by atoms with Crippen LogP contribution >= 0.6 is 0 Å². The second-order valence-electron chi connectivity index (χ2n) is 7.87. The number of aliphatic imine (C=N–C) groups is 1. The molecule has 0 unspecified atom stereocenters. The van der Waals surface area contributed by atoms with Crippen LogP contribution in [0.15, 0.2) is 64.5 Å². The largest absolute Gasteiger partial charge is 0.356 e. The molecule has 3 rings (SSSR count). The van der Waals surface area contributed by atoms with Crippen LogP contribution in [0.3, 0.4) is 0 Å². The van der Waals surface area contributed by atoms with Gasteiger partial charge in [0.25, 0.3) is 0 Å². The van der Waals surface area contributed by atoms with E-state index >= 15 is 0 Å². The lowest BCUT2D eigenvalue weighted by atomic mass is 9.79. The zero-order chi connectivity index (χ0) is 20.7. The summed E-state index contributed by atoms with van der Waals surface area (Å²) in [5.41, 5.74) is 2.68. The van der Waals surface area contributed by atoms with Crippen LogP contribution in [0.4, 0.5) is 0 Å². The van der Waals surface area contributed by atoms with Gasteiger partial charge in [0, 0.05) is 31.8 Å². The fourth-order valence-electron chi connectivity index (χ4n) is 4.11. The van der Waals surface area contributed by atoms with Crippen LogP contribution in [0.1, 0.15) is 36.8 Å². The van der Waals surface area contributed by atoms with E-state index in [1.54, 1.807) is 19.2 Å². The average Bonchev–Trinajstić information content (AvgIpc) is 3.21. The SMILES string of the molecule is CN=C(NCCc1ccc(S(C)(=O)=O)cc1)NCC1(c2ccccc2)CCCC1. The van der Waals surface area contributed by atoms with E-state index in [4.69, 9.17) is 0 Å². The number of nitrogens with zero attached hydrogens (tertiary/aromatic N) is 1. The maximum atomic E-state index is 11.6. The van der Waals surface area contributed by atoms with E-state index in [2.05, 4.69) is 46.0 Å². The smallest absolute Gasteiger partial charge is 0.191 e. The van der Waals surface area contributed by atoms with Crippen molar-refractivity contribution in [1.82, 2.24) is 10.6 Å². The first kappa shape index (κ1) is 21.4. The molecule has 1 fully saturated rings. The van der Waals surface area contributed by atoms with Crippen molar-refractivity contribution in [2.24, 2.45) is 4.99 Å². The first-order chi connectivity index (χ1) is 13.9. The molecule has 0 heterocycles. The molecule has 0 saturated heterocycles. The highest BCUT2D eigenvalue weighted by Gasteiger charge is 2.35. The maximum absolute atomic E-state index is 11.6. The van der Waals surface area contributed by atoms with Gasteiger partial charge in [-0.15, -0.1) is 0 Å². The van der Waals surface area contributed by atoms with Crippen molar-refractivity contribution in [3.63, 3.8) is 0 Å². The number of hydrogen-bond acceptors (Lipinski definition) is 3. The molecule has 6 heteroatoms. The molecule has 0 amide bonds. The highest BCUT2D eigenvalue weighted by atomic mass is 32.2. The van der Waals surface area contributed by atoms with Gasteiger partial charge in [-0.1, -0.05) is 55.3 Å². The second-order valence-corrected chi connectivity index (χ2v) is 9.89. The van der Waals surface area contributed by atoms with Gasteiger partial charge in [-0.25, -0.2) is 8.42 Å². The van der Waals surface area contributed by atoms with Crippen molar-refractivity contribution in [2.75, 3.05) is 26.4 Å². The Morgan fingerprint density at radius 1 is 1.00 bits per heavy atom. The van der Waals surface area contributed by atoms with E-state index in [0.717, 1.165) is 31.0 Å². The Hall–Kier alpha value is -2.34. The monoisotopic (exact) mass is 413 g/mol. The number of benzene rings is 2. The summed E-state index contributed by atoms with van der Waals surface area (Å²) in [5, 5.41) is 6.90. The van der Waals surface area contributed by atoms with Crippen molar-refractivity contribution < 1.29 is 8.42 Å². The third-order valence-corrected chi connectivity index (χ3v) is 6.95. The Morgan fingerprint density at radius 3 is 2.24 bits per heavy atom. The fourth-order valence-corrected chi connectivity index (χ4v) is 4.74. The molecule has 0 radical (unpaired) electrons. The van der Waals surface area contributed by atoms with Crippen molar-refractivity contribution in [3.8, 4) is 0 Å². The van der Waals surface area contributed by atoms with Gasteiger partial charge in [-0.3, -0.25) is 4.99 Å². The molecular formula is C23H31N3O2S. The highest BCUT2D eigenvalue weighted by molar-refractivity contribution is 7.90. The Balaban J connectivity index is 1.53. The van der Waals surface area contributed by atoms with E-state index in [-0.39, 0.29) is 5.41 Å². The first-order valence-corrected chi connectivity index (χ1v) is 12.1. The maximum Gasteiger partial charge on any atom is 0.191 e. The van der Waals surface area contributed by atoms with E-state index in [0.29, 0.717) is 4.90 Å². The lowest BCUT2D eigenvalue weighted by Crippen LogP contribution is -2.45. The van der Waals surface area contributed by atoms with Gasteiger partial charge >= 0.3 is 0 Å².